The van der Waals surface area contributed by atoms with Crippen molar-refractivity contribution in [2.24, 2.45) is 11.7 Å². The van der Waals surface area contributed by atoms with Gasteiger partial charge in [0.05, 0.1) is 5.84 Å². The van der Waals surface area contributed by atoms with Crippen LogP contribution in [0, 0.1) is 11.3 Å². The summed E-state index contributed by atoms with van der Waals surface area (Å²) < 4.78 is 0. The van der Waals surface area contributed by atoms with Gasteiger partial charge in [0.1, 0.15) is 0 Å². The van der Waals surface area contributed by atoms with Gasteiger partial charge in [0, 0.05) is 25.0 Å². The zero-order chi connectivity index (χ0) is 12.0. The lowest BCUT2D eigenvalue weighted by Crippen LogP contribution is -2.44. The first-order valence-electron chi connectivity index (χ1n) is 5.61. The average molecular weight is 214 g/mol. The van der Waals surface area contributed by atoms with E-state index in [1.807, 2.05) is 6.92 Å². The van der Waals surface area contributed by atoms with Crippen LogP contribution in [0.2, 0.25) is 0 Å². The van der Waals surface area contributed by atoms with Gasteiger partial charge in [-0.05, 0) is 27.6 Å². The van der Waals surface area contributed by atoms with E-state index in [1.54, 1.807) is 0 Å². The highest BCUT2D eigenvalue weighted by molar-refractivity contribution is 5.79. The molecule has 0 aromatic heterocycles. The quantitative estimate of drug-likeness (QED) is 0.487. The highest BCUT2D eigenvalue weighted by Crippen LogP contribution is 2.05. The van der Waals surface area contributed by atoms with Gasteiger partial charge in [0.15, 0.2) is 0 Å². The molecule has 0 aliphatic heterocycles. The van der Waals surface area contributed by atoms with Gasteiger partial charge in [-0.2, -0.15) is 0 Å². The van der Waals surface area contributed by atoms with E-state index in [4.69, 9.17) is 11.1 Å². The lowest BCUT2D eigenvalue weighted by molar-refractivity contribution is 0.172. The summed E-state index contributed by atoms with van der Waals surface area (Å²) in [5, 5.41) is 7.39. The summed E-state index contributed by atoms with van der Waals surface area (Å²) in [5.74, 6) is 0.431. The van der Waals surface area contributed by atoms with Crippen molar-refractivity contribution in [3.05, 3.63) is 0 Å². The Hall–Kier alpha value is -0.610. The van der Waals surface area contributed by atoms with E-state index in [-0.39, 0.29) is 11.8 Å². The highest BCUT2D eigenvalue weighted by Gasteiger charge is 2.16. The van der Waals surface area contributed by atoms with Crippen molar-refractivity contribution in [3.63, 3.8) is 0 Å². The van der Waals surface area contributed by atoms with Crippen LogP contribution in [0.1, 0.15) is 20.8 Å². The van der Waals surface area contributed by atoms with Crippen LogP contribution in [-0.2, 0) is 0 Å². The Morgan fingerprint density at radius 1 is 1.27 bits per heavy atom. The van der Waals surface area contributed by atoms with Crippen molar-refractivity contribution < 1.29 is 0 Å². The van der Waals surface area contributed by atoms with Crippen LogP contribution < -0.4 is 5.73 Å². The smallest absolute Gasteiger partial charge is 0.0947 e. The average Bonchev–Trinajstić information content (AvgIpc) is 2.11. The van der Waals surface area contributed by atoms with Gasteiger partial charge >= 0.3 is 0 Å². The molecule has 3 N–H and O–H groups in total. The van der Waals surface area contributed by atoms with Crippen molar-refractivity contribution >= 4 is 5.84 Å². The Labute approximate surface area is 93.9 Å². The summed E-state index contributed by atoms with van der Waals surface area (Å²) in [5.41, 5.74) is 5.49. The largest absolute Gasteiger partial charge is 0.387 e. The van der Waals surface area contributed by atoms with Crippen LogP contribution >= 0.6 is 0 Å². The molecule has 0 fully saturated rings. The maximum Gasteiger partial charge on any atom is 0.0947 e. The predicted molar refractivity (Wildman–Crippen MR) is 66.3 cm³/mol. The fraction of sp³-hybridized carbons (Fsp3) is 0.909. The molecule has 0 spiro atoms. The van der Waals surface area contributed by atoms with Crippen LogP contribution in [0.15, 0.2) is 0 Å². The van der Waals surface area contributed by atoms with Gasteiger partial charge in [-0.3, -0.25) is 10.3 Å². The number of hydrogen-bond acceptors (Lipinski definition) is 3. The number of amidine groups is 1. The summed E-state index contributed by atoms with van der Waals surface area (Å²) in [7, 11) is 4.16. The third kappa shape index (κ3) is 5.74. The molecule has 0 rings (SSSR count). The minimum atomic E-state index is 0.148. The molecule has 0 aromatic carbocycles. The summed E-state index contributed by atoms with van der Waals surface area (Å²) in [6, 6.07) is 0.506. The SMILES string of the molecule is CCN(CC(C)C(=N)N)C(C)CN(C)C. The Balaban J connectivity index is 4.17. The van der Waals surface area contributed by atoms with Gasteiger partial charge in [-0.15, -0.1) is 0 Å². The molecule has 0 saturated carbocycles. The van der Waals surface area contributed by atoms with E-state index in [2.05, 4.69) is 37.7 Å². The molecule has 0 aliphatic rings. The highest BCUT2D eigenvalue weighted by atomic mass is 15.2. The number of nitrogens with one attached hydrogen (secondary N) is 1. The molecular weight excluding hydrogens is 188 g/mol. The van der Waals surface area contributed by atoms with Crippen LogP contribution in [-0.4, -0.2) is 55.4 Å². The standard InChI is InChI=1S/C11H26N4/c1-6-15(7-9(2)11(12)13)10(3)8-14(4)5/h9-10H,6-8H2,1-5H3,(H3,12,13). The maximum absolute atomic E-state index is 7.39. The van der Waals surface area contributed by atoms with Crippen LogP contribution in [0.4, 0.5) is 0 Å². The first-order chi connectivity index (χ1) is 6.88. The molecular formula is C11H26N4. The minimum Gasteiger partial charge on any atom is -0.387 e. The van der Waals surface area contributed by atoms with Crippen molar-refractivity contribution in [2.75, 3.05) is 33.7 Å². The second-order valence-corrected chi connectivity index (χ2v) is 4.56. The molecule has 0 radical (unpaired) electrons. The summed E-state index contributed by atoms with van der Waals surface area (Å²) in [6.07, 6.45) is 0. The molecule has 0 saturated heterocycles. The van der Waals surface area contributed by atoms with E-state index in [0.29, 0.717) is 6.04 Å². The van der Waals surface area contributed by atoms with E-state index in [9.17, 15) is 0 Å². The van der Waals surface area contributed by atoms with E-state index in [1.165, 1.54) is 0 Å². The Morgan fingerprint density at radius 3 is 2.13 bits per heavy atom. The van der Waals surface area contributed by atoms with E-state index < -0.39 is 0 Å². The Bertz CT molecular complexity index is 191. The molecule has 90 valence electrons. The lowest BCUT2D eigenvalue weighted by Gasteiger charge is -2.31. The summed E-state index contributed by atoms with van der Waals surface area (Å²) in [4.78, 5) is 4.55. The van der Waals surface area contributed by atoms with Crippen molar-refractivity contribution in [1.29, 1.82) is 5.41 Å². The van der Waals surface area contributed by atoms with E-state index >= 15 is 0 Å². The van der Waals surface area contributed by atoms with Crippen molar-refractivity contribution in [3.8, 4) is 0 Å². The number of nitrogens with zero attached hydrogens (tertiary/aromatic N) is 2. The van der Waals surface area contributed by atoms with E-state index in [0.717, 1.165) is 19.6 Å². The Morgan fingerprint density at radius 2 is 1.80 bits per heavy atom. The third-order valence-corrected chi connectivity index (χ3v) is 2.70. The van der Waals surface area contributed by atoms with Gasteiger partial charge in [-0.1, -0.05) is 13.8 Å². The van der Waals surface area contributed by atoms with Crippen molar-refractivity contribution in [1.82, 2.24) is 9.80 Å². The fourth-order valence-corrected chi connectivity index (χ4v) is 1.71. The first kappa shape index (κ1) is 14.4. The number of likely N-dealkylation sites (N-methyl/N-ethyl adjacent to an activating group) is 2. The molecule has 15 heavy (non-hydrogen) atoms. The summed E-state index contributed by atoms with van der Waals surface area (Å²) >= 11 is 0. The van der Waals surface area contributed by atoms with Gasteiger partial charge in [0.2, 0.25) is 0 Å². The third-order valence-electron chi connectivity index (χ3n) is 2.70. The zero-order valence-corrected chi connectivity index (χ0v) is 10.7. The van der Waals surface area contributed by atoms with Gasteiger partial charge in [-0.25, -0.2) is 0 Å². The van der Waals surface area contributed by atoms with Crippen molar-refractivity contribution in [2.45, 2.75) is 26.8 Å². The van der Waals surface area contributed by atoms with Gasteiger partial charge in [0.25, 0.3) is 0 Å². The zero-order valence-electron chi connectivity index (χ0n) is 10.7. The topological polar surface area (TPSA) is 56.4 Å². The normalized spacial score (nSPS) is 15.7. The number of nitrogens with two attached hydrogens (primary N) is 1. The second-order valence-electron chi connectivity index (χ2n) is 4.56. The Kier molecular flexibility index (Phi) is 6.52. The second kappa shape index (κ2) is 6.80. The minimum absolute atomic E-state index is 0.148. The molecule has 0 bridgehead atoms. The molecule has 0 aliphatic carbocycles. The first-order valence-corrected chi connectivity index (χ1v) is 5.61. The fourth-order valence-electron chi connectivity index (χ4n) is 1.71. The molecule has 2 unspecified atom stereocenters. The summed E-state index contributed by atoms with van der Waals surface area (Å²) in [6.45, 7) is 9.30. The number of hydrogen-bond donors (Lipinski definition) is 2. The molecule has 2 atom stereocenters. The van der Waals surface area contributed by atoms with Gasteiger partial charge < -0.3 is 10.6 Å². The maximum atomic E-state index is 7.39. The van der Waals surface area contributed by atoms with Crippen LogP contribution in [0.3, 0.4) is 0 Å². The predicted octanol–water partition coefficient (Wildman–Crippen LogP) is 0.830. The van der Waals surface area contributed by atoms with Crippen LogP contribution in [0.5, 0.6) is 0 Å². The lowest BCUT2D eigenvalue weighted by atomic mass is 10.1. The molecule has 0 amide bonds. The molecule has 0 aromatic rings. The number of rotatable bonds is 7. The monoisotopic (exact) mass is 214 g/mol. The molecule has 4 nitrogen and oxygen atoms in total. The van der Waals surface area contributed by atoms with Crippen LogP contribution in [0.25, 0.3) is 0 Å². The molecule has 0 heterocycles. The molecule has 4 heteroatoms.